The Morgan fingerprint density at radius 1 is 1.32 bits per heavy atom. The van der Waals surface area contributed by atoms with E-state index in [1.54, 1.807) is 48.0 Å². The van der Waals surface area contributed by atoms with Crippen molar-refractivity contribution in [2.75, 3.05) is 19.0 Å². The van der Waals surface area contributed by atoms with Crippen LogP contribution in [-0.4, -0.2) is 63.0 Å². The highest BCUT2D eigenvalue weighted by Crippen LogP contribution is 2.71. The zero-order valence-corrected chi connectivity index (χ0v) is 19.4. The number of anilines is 1. The van der Waals surface area contributed by atoms with Gasteiger partial charge >= 0.3 is 0 Å². The van der Waals surface area contributed by atoms with Gasteiger partial charge in [-0.25, -0.2) is 0 Å². The normalized spacial score (nSPS) is 34.5. The first-order valence-electron chi connectivity index (χ1n) is 10.6. The molecule has 4 rings (SSSR count). The number of nitrogens with zero attached hydrogens (tertiary/aromatic N) is 1. The Morgan fingerprint density at radius 2 is 2.03 bits per heavy atom. The average Bonchev–Trinajstić information content (AvgIpc) is 3.31. The molecule has 3 amide bonds. The van der Waals surface area contributed by atoms with E-state index in [4.69, 9.17) is 11.6 Å². The van der Waals surface area contributed by atoms with Crippen LogP contribution in [0.1, 0.15) is 33.1 Å². The minimum Gasteiger partial charge on any atom is -0.394 e. The van der Waals surface area contributed by atoms with Crippen molar-refractivity contribution in [2.24, 2.45) is 11.8 Å². The second-order valence-corrected chi connectivity index (χ2v) is 11.1. The third-order valence-corrected chi connectivity index (χ3v) is 9.51. The van der Waals surface area contributed by atoms with Gasteiger partial charge in [-0.3, -0.25) is 14.4 Å². The van der Waals surface area contributed by atoms with Crippen molar-refractivity contribution in [2.45, 2.75) is 54.7 Å². The lowest BCUT2D eigenvalue weighted by atomic mass is 9.66. The van der Waals surface area contributed by atoms with E-state index in [9.17, 15) is 19.5 Å². The molecule has 0 aliphatic carbocycles. The molecule has 1 aromatic carbocycles. The summed E-state index contributed by atoms with van der Waals surface area (Å²) in [4.78, 5) is 41.8. The van der Waals surface area contributed by atoms with Crippen LogP contribution in [0.5, 0.6) is 0 Å². The SMILES string of the molecule is CC[C@@H](CO)N1C(=O)[C@@H]2[C@@H](C(=O)NC)[C@@]3(C)CCC2(S3)C1C(=O)Nc1ccccc1Cl. The maximum Gasteiger partial charge on any atom is 0.248 e. The number of amides is 3. The summed E-state index contributed by atoms with van der Waals surface area (Å²) in [7, 11) is 1.58. The van der Waals surface area contributed by atoms with Crippen LogP contribution in [-0.2, 0) is 14.4 Å². The molecule has 3 aliphatic heterocycles. The van der Waals surface area contributed by atoms with Crippen LogP contribution in [0.2, 0.25) is 5.02 Å². The number of hydrogen-bond acceptors (Lipinski definition) is 5. The number of benzene rings is 1. The summed E-state index contributed by atoms with van der Waals surface area (Å²) in [5, 5.41) is 16.0. The number of rotatable bonds is 6. The molecular weight excluding hydrogens is 438 g/mol. The van der Waals surface area contributed by atoms with E-state index >= 15 is 0 Å². The van der Waals surface area contributed by atoms with Gasteiger partial charge in [-0.05, 0) is 38.3 Å². The number of halogens is 1. The molecule has 0 aromatic heterocycles. The van der Waals surface area contributed by atoms with E-state index in [1.165, 1.54) is 0 Å². The third-order valence-electron chi connectivity index (χ3n) is 7.20. The molecule has 1 spiro atoms. The van der Waals surface area contributed by atoms with Crippen molar-refractivity contribution in [1.82, 2.24) is 10.2 Å². The Balaban J connectivity index is 1.79. The molecule has 1 aromatic rings. The van der Waals surface area contributed by atoms with E-state index in [2.05, 4.69) is 10.6 Å². The standard InChI is InChI=1S/C22H28ClN3O4S/c1-4-12(11-27)26-17(19(29)25-14-8-6-5-7-13(14)23)22-10-9-21(2,31-22)15(18(28)24-3)16(22)20(26)30/h5-8,12,15-17,27H,4,9-11H2,1-3H3,(H,24,28)(H,25,29)/t12-,15-,16-,17?,21+,22?/m0/s1. The van der Waals surface area contributed by atoms with Crippen molar-refractivity contribution in [3.63, 3.8) is 0 Å². The number of aliphatic hydroxyl groups is 1. The maximum absolute atomic E-state index is 13.8. The molecule has 7 nitrogen and oxygen atoms in total. The molecule has 2 unspecified atom stereocenters. The fourth-order valence-electron chi connectivity index (χ4n) is 5.79. The molecule has 9 heteroatoms. The van der Waals surface area contributed by atoms with Crippen molar-refractivity contribution in [1.29, 1.82) is 0 Å². The van der Waals surface area contributed by atoms with Crippen LogP contribution >= 0.6 is 23.4 Å². The first-order valence-corrected chi connectivity index (χ1v) is 11.8. The zero-order valence-electron chi connectivity index (χ0n) is 17.9. The molecule has 3 saturated heterocycles. The number of carbonyl (C=O) groups is 3. The predicted octanol–water partition coefficient (Wildman–Crippen LogP) is 2.28. The summed E-state index contributed by atoms with van der Waals surface area (Å²) in [6.45, 7) is 3.66. The number of hydrogen-bond donors (Lipinski definition) is 3. The van der Waals surface area contributed by atoms with Gasteiger partial charge in [0.25, 0.3) is 0 Å². The van der Waals surface area contributed by atoms with Gasteiger partial charge in [0.2, 0.25) is 17.7 Å². The van der Waals surface area contributed by atoms with E-state index in [1.807, 2.05) is 13.8 Å². The van der Waals surface area contributed by atoms with Crippen molar-refractivity contribution in [3.05, 3.63) is 29.3 Å². The highest BCUT2D eigenvalue weighted by molar-refractivity contribution is 8.02. The lowest BCUT2D eigenvalue weighted by Gasteiger charge is -2.36. The number of carbonyl (C=O) groups excluding carboxylic acids is 3. The van der Waals surface area contributed by atoms with Crippen LogP contribution in [0.3, 0.4) is 0 Å². The number of thioether (sulfide) groups is 1. The number of fused-ring (bicyclic) bond motifs is 1. The Morgan fingerprint density at radius 3 is 2.65 bits per heavy atom. The molecule has 168 valence electrons. The first kappa shape index (κ1) is 22.4. The summed E-state index contributed by atoms with van der Waals surface area (Å²) in [5.41, 5.74) is 0.477. The summed E-state index contributed by atoms with van der Waals surface area (Å²) in [5.74, 6) is -1.83. The lowest BCUT2D eigenvalue weighted by molar-refractivity contribution is -0.142. The second kappa shape index (κ2) is 7.98. The molecule has 0 saturated carbocycles. The fraction of sp³-hybridized carbons (Fsp3) is 0.591. The van der Waals surface area contributed by atoms with Crippen molar-refractivity contribution < 1.29 is 19.5 Å². The molecule has 2 bridgehead atoms. The van der Waals surface area contributed by atoms with Crippen LogP contribution in [0.4, 0.5) is 5.69 Å². The van der Waals surface area contributed by atoms with Crippen LogP contribution < -0.4 is 10.6 Å². The lowest BCUT2D eigenvalue weighted by Crippen LogP contribution is -2.54. The fourth-order valence-corrected chi connectivity index (χ4v) is 8.32. The van der Waals surface area contributed by atoms with E-state index in [-0.39, 0.29) is 24.3 Å². The molecule has 6 atom stereocenters. The van der Waals surface area contributed by atoms with Gasteiger partial charge in [-0.1, -0.05) is 30.7 Å². The molecule has 0 radical (unpaired) electrons. The Labute approximate surface area is 191 Å². The molecule has 3 heterocycles. The van der Waals surface area contributed by atoms with E-state index < -0.39 is 33.4 Å². The van der Waals surface area contributed by atoms with Gasteiger partial charge in [0.15, 0.2) is 0 Å². The molecular formula is C22H28ClN3O4S. The predicted molar refractivity (Wildman–Crippen MR) is 121 cm³/mol. The van der Waals surface area contributed by atoms with Crippen LogP contribution in [0, 0.1) is 11.8 Å². The van der Waals surface area contributed by atoms with Gasteiger partial charge in [-0.15, -0.1) is 11.8 Å². The third kappa shape index (κ3) is 3.17. The first-order chi connectivity index (χ1) is 14.7. The summed E-state index contributed by atoms with van der Waals surface area (Å²) in [6.07, 6.45) is 1.92. The maximum atomic E-state index is 13.8. The monoisotopic (exact) mass is 465 g/mol. The number of nitrogens with one attached hydrogen (secondary N) is 2. The van der Waals surface area contributed by atoms with E-state index in [0.29, 0.717) is 23.6 Å². The van der Waals surface area contributed by atoms with Gasteiger partial charge in [0.05, 0.1) is 39.9 Å². The van der Waals surface area contributed by atoms with Gasteiger partial charge < -0.3 is 20.6 Å². The van der Waals surface area contributed by atoms with Crippen molar-refractivity contribution in [3.8, 4) is 0 Å². The van der Waals surface area contributed by atoms with E-state index in [0.717, 1.165) is 6.42 Å². The highest BCUT2D eigenvalue weighted by atomic mass is 35.5. The highest BCUT2D eigenvalue weighted by Gasteiger charge is 2.77. The Hall–Kier alpha value is -1.77. The van der Waals surface area contributed by atoms with Gasteiger partial charge in [0.1, 0.15) is 6.04 Å². The summed E-state index contributed by atoms with van der Waals surface area (Å²) in [6, 6.07) is 5.68. The smallest absolute Gasteiger partial charge is 0.248 e. The minimum atomic E-state index is -0.792. The van der Waals surface area contributed by atoms with Crippen LogP contribution in [0.15, 0.2) is 24.3 Å². The second-order valence-electron chi connectivity index (χ2n) is 8.80. The zero-order chi connectivity index (χ0) is 22.6. The average molecular weight is 466 g/mol. The summed E-state index contributed by atoms with van der Waals surface area (Å²) < 4.78 is -1.12. The van der Waals surface area contributed by atoms with Gasteiger partial charge in [0, 0.05) is 11.8 Å². The molecule has 31 heavy (non-hydrogen) atoms. The number of aliphatic hydroxyl groups excluding tert-OH is 1. The topological polar surface area (TPSA) is 98.7 Å². The van der Waals surface area contributed by atoms with Crippen molar-refractivity contribution >= 4 is 46.8 Å². The van der Waals surface area contributed by atoms with Crippen LogP contribution in [0.25, 0.3) is 0 Å². The minimum absolute atomic E-state index is 0.168. The van der Waals surface area contributed by atoms with Gasteiger partial charge in [-0.2, -0.15) is 0 Å². The Bertz CT molecular complexity index is 926. The molecule has 3 fully saturated rings. The largest absolute Gasteiger partial charge is 0.394 e. The quantitative estimate of drug-likeness (QED) is 0.598. The summed E-state index contributed by atoms with van der Waals surface area (Å²) >= 11 is 7.86. The number of para-hydroxylation sites is 1. The number of likely N-dealkylation sites (tertiary alicyclic amines) is 1. The Kier molecular flexibility index (Phi) is 5.77. The molecule has 3 aliphatic rings. The molecule has 3 N–H and O–H groups in total.